The van der Waals surface area contributed by atoms with Crippen molar-refractivity contribution in [2.24, 2.45) is 0 Å². The molecular weight excluding hydrogens is 471 g/mol. The lowest BCUT2D eigenvalue weighted by molar-refractivity contribution is 0.422. The van der Waals surface area contributed by atoms with Crippen LogP contribution in [-0.2, 0) is 28.7 Å². The van der Waals surface area contributed by atoms with Gasteiger partial charge in [-0.25, -0.2) is 17.8 Å². The highest BCUT2D eigenvalue weighted by molar-refractivity contribution is 7.90. The number of rotatable bonds is 10. The lowest BCUT2D eigenvalue weighted by Gasteiger charge is -2.26. The number of imidazole rings is 1. The molecule has 3 rings (SSSR count). The van der Waals surface area contributed by atoms with Gasteiger partial charge in [-0.15, -0.1) is 6.58 Å². The molecule has 0 aliphatic rings. The minimum absolute atomic E-state index is 0.101. The largest absolute Gasteiger partial charge is 0.360 e. The number of aromatic nitrogens is 2. The van der Waals surface area contributed by atoms with E-state index in [1.165, 1.54) is 18.2 Å². The highest BCUT2D eigenvalue weighted by atomic mass is 32.2. The molecule has 0 bridgehead atoms. The summed E-state index contributed by atoms with van der Waals surface area (Å²) in [4.78, 5) is 6.18. The smallest absolute Gasteiger partial charge is 0.228 e. The lowest BCUT2D eigenvalue weighted by atomic mass is 10.2. The second-order valence-electron chi connectivity index (χ2n) is 8.23. The van der Waals surface area contributed by atoms with Crippen molar-refractivity contribution in [2.75, 3.05) is 6.54 Å². The number of thiocarbonyl (C=S) groups is 1. The second kappa shape index (κ2) is 11.4. The summed E-state index contributed by atoms with van der Waals surface area (Å²) in [6, 6.07) is 15.5. The van der Waals surface area contributed by atoms with Gasteiger partial charge in [-0.1, -0.05) is 54.6 Å². The first-order valence-electron chi connectivity index (χ1n) is 10.9. The number of nitrogens with zero attached hydrogens (tertiary/aromatic N) is 3. The minimum atomic E-state index is -3.93. The Morgan fingerprint density at radius 3 is 2.53 bits per heavy atom. The number of halogens is 1. The third-order valence-corrected chi connectivity index (χ3v) is 7.02. The first kappa shape index (κ1) is 25.6. The summed E-state index contributed by atoms with van der Waals surface area (Å²) in [6.45, 7) is 8.90. The van der Waals surface area contributed by atoms with E-state index in [0.717, 1.165) is 5.56 Å². The number of sulfone groups is 1. The van der Waals surface area contributed by atoms with E-state index < -0.39 is 21.4 Å². The van der Waals surface area contributed by atoms with Crippen LogP contribution in [0.3, 0.4) is 0 Å². The maximum absolute atomic E-state index is 14.2. The van der Waals surface area contributed by atoms with Gasteiger partial charge >= 0.3 is 0 Å². The Kier molecular flexibility index (Phi) is 8.57. The lowest BCUT2D eigenvalue weighted by Crippen LogP contribution is -2.42. The van der Waals surface area contributed by atoms with E-state index in [4.69, 9.17) is 12.2 Å². The van der Waals surface area contributed by atoms with Gasteiger partial charge in [-0.05, 0) is 37.7 Å². The first-order chi connectivity index (χ1) is 16.2. The molecular formula is C25H29FN4O2S2. The maximum Gasteiger partial charge on any atom is 0.228 e. The van der Waals surface area contributed by atoms with Crippen molar-refractivity contribution in [3.05, 3.63) is 96.1 Å². The van der Waals surface area contributed by atoms with Crippen LogP contribution in [-0.4, -0.2) is 40.6 Å². The van der Waals surface area contributed by atoms with Crippen LogP contribution in [0.25, 0.3) is 0 Å². The third kappa shape index (κ3) is 6.51. The van der Waals surface area contributed by atoms with Crippen LogP contribution in [0.4, 0.5) is 4.39 Å². The third-order valence-electron chi connectivity index (χ3n) is 5.07. The van der Waals surface area contributed by atoms with E-state index in [-0.39, 0.29) is 16.8 Å². The summed E-state index contributed by atoms with van der Waals surface area (Å²) in [5.74, 6) is -1.04. The number of hydrogen-bond donors (Lipinski definition) is 1. The molecule has 9 heteroatoms. The van der Waals surface area contributed by atoms with Crippen LogP contribution in [0.2, 0.25) is 0 Å². The molecule has 0 unspecified atom stereocenters. The zero-order valence-corrected chi connectivity index (χ0v) is 20.9. The molecule has 0 atom stereocenters. The summed E-state index contributed by atoms with van der Waals surface area (Å²) in [7, 11) is -3.93. The van der Waals surface area contributed by atoms with Gasteiger partial charge in [0, 0.05) is 18.2 Å². The van der Waals surface area contributed by atoms with Crippen molar-refractivity contribution < 1.29 is 12.8 Å². The molecule has 0 spiro atoms. The van der Waals surface area contributed by atoms with E-state index in [9.17, 15) is 12.8 Å². The molecule has 34 heavy (non-hydrogen) atoms. The molecule has 0 aliphatic heterocycles. The Morgan fingerprint density at radius 2 is 1.88 bits per heavy atom. The fraction of sp³-hybridized carbons (Fsp3) is 0.280. The van der Waals surface area contributed by atoms with Gasteiger partial charge in [-0.3, -0.25) is 0 Å². The summed E-state index contributed by atoms with van der Waals surface area (Å²) < 4.78 is 42.6. The van der Waals surface area contributed by atoms with Crippen molar-refractivity contribution in [1.29, 1.82) is 0 Å². The zero-order chi connectivity index (χ0) is 24.7. The maximum atomic E-state index is 14.2. The molecule has 180 valence electrons. The highest BCUT2D eigenvalue weighted by Crippen LogP contribution is 2.21. The quantitative estimate of drug-likeness (QED) is 0.330. The molecule has 2 aromatic carbocycles. The van der Waals surface area contributed by atoms with Gasteiger partial charge < -0.3 is 14.8 Å². The molecule has 1 heterocycles. The Morgan fingerprint density at radius 1 is 1.21 bits per heavy atom. The summed E-state index contributed by atoms with van der Waals surface area (Å²) in [6.07, 6.45) is 3.29. The molecule has 0 fully saturated rings. The van der Waals surface area contributed by atoms with Crippen molar-refractivity contribution in [1.82, 2.24) is 19.8 Å². The van der Waals surface area contributed by atoms with Gasteiger partial charge in [0.25, 0.3) is 0 Å². The van der Waals surface area contributed by atoms with Gasteiger partial charge in [0.1, 0.15) is 5.82 Å². The Bertz CT molecular complexity index is 1240. The normalized spacial score (nSPS) is 11.4. The van der Waals surface area contributed by atoms with Gasteiger partial charge in [0.2, 0.25) is 15.0 Å². The SMILES string of the molecule is C=CCN(Cc1cnc(S(=O)(=O)Cc2ccccc2F)n1Cc1ccccc1)C(=S)NC(C)C. The van der Waals surface area contributed by atoms with Crippen molar-refractivity contribution in [3.8, 4) is 0 Å². The standard InChI is InChI=1S/C25H29FN4O2S2/c1-4-14-29(24(33)28-19(2)3)17-22-15-27-25(30(22)16-20-10-6-5-7-11-20)34(31,32)18-21-12-8-9-13-23(21)26/h4-13,15,19H,1,14,16-18H2,2-3H3,(H,28,33). The molecule has 0 saturated carbocycles. The van der Waals surface area contributed by atoms with Crippen molar-refractivity contribution >= 4 is 27.2 Å². The van der Waals surface area contributed by atoms with E-state index in [1.807, 2.05) is 49.1 Å². The Labute approximate surface area is 206 Å². The number of hydrogen-bond acceptors (Lipinski definition) is 4. The van der Waals surface area contributed by atoms with E-state index in [2.05, 4.69) is 16.9 Å². The zero-order valence-electron chi connectivity index (χ0n) is 19.3. The molecule has 1 aromatic heterocycles. The van der Waals surface area contributed by atoms with Crippen LogP contribution in [0.15, 0.2) is 78.6 Å². The van der Waals surface area contributed by atoms with Crippen molar-refractivity contribution in [2.45, 2.75) is 43.9 Å². The van der Waals surface area contributed by atoms with Crippen LogP contribution >= 0.6 is 12.2 Å². The molecule has 0 amide bonds. The molecule has 6 nitrogen and oxygen atoms in total. The fourth-order valence-electron chi connectivity index (χ4n) is 3.50. The topological polar surface area (TPSA) is 67.2 Å². The highest BCUT2D eigenvalue weighted by Gasteiger charge is 2.26. The van der Waals surface area contributed by atoms with E-state index in [1.54, 1.807) is 22.9 Å². The summed E-state index contributed by atoms with van der Waals surface area (Å²) in [5.41, 5.74) is 1.70. The predicted molar refractivity (Wildman–Crippen MR) is 137 cm³/mol. The minimum Gasteiger partial charge on any atom is -0.360 e. The van der Waals surface area contributed by atoms with E-state index in [0.29, 0.717) is 30.4 Å². The van der Waals surface area contributed by atoms with Crippen molar-refractivity contribution in [3.63, 3.8) is 0 Å². The molecule has 0 saturated heterocycles. The Balaban J connectivity index is 2.01. The van der Waals surface area contributed by atoms with Crippen LogP contribution in [0.1, 0.15) is 30.7 Å². The number of nitrogens with one attached hydrogen (secondary N) is 1. The molecule has 3 aromatic rings. The number of benzene rings is 2. The predicted octanol–water partition coefficient (Wildman–Crippen LogP) is 4.32. The second-order valence-corrected chi connectivity index (χ2v) is 10.5. The van der Waals surface area contributed by atoms with Gasteiger partial charge in [0.05, 0.1) is 30.7 Å². The average molecular weight is 501 g/mol. The first-order valence-corrected chi connectivity index (χ1v) is 13.0. The van der Waals surface area contributed by atoms with Crippen LogP contribution in [0.5, 0.6) is 0 Å². The summed E-state index contributed by atoms with van der Waals surface area (Å²) >= 11 is 5.55. The Hall–Kier alpha value is -3.04. The van der Waals surface area contributed by atoms with E-state index >= 15 is 0 Å². The monoisotopic (exact) mass is 500 g/mol. The molecule has 1 N–H and O–H groups in total. The molecule has 0 aliphatic carbocycles. The summed E-state index contributed by atoms with van der Waals surface area (Å²) in [5, 5.41) is 3.65. The molecule has 0 radical (unpaired) electrons. The van der Waals surface area contributed by atoms with Crippen LogP contribution in [0, 0.1) is 5.82 Å². The van der Waals surface area contributed by atoms with Gasteiger partial charge in [-0.2, -0.15) is 0 Å². The van der Waals surface area contributed by atoms with Gasteiger partial charge in [0.15, 0.2) is 5.11 Å². The van der Waals surface area contributed by atoms with Crippen LogP contribution < -0.4 is 5.32 Å². The average Bonchev–Trinajstić information content (AvgIpc) is 3.18. The fourth-order valence-corrected chi connectivity index (χ4v) is 5.37.